The van der Waals surface area contributed by atoms with E-state index >= 15 is 0 Å². The number of aromatic nitrogens is 2. The largest absolute Gasteiger partial charge is 0.490 e. The lowest BCUT2D eigenvalue weighted by molar-refractivity contribution is 0.125. The molecule has 0 unspecified atom stereocenters. The van der Waals surface area contributed by atoms with E-state index < -0.39 is 6.10 Å². The van der Waals surface area contributed by atoms with Crippen LogP contribution in [0, 0.1) is 20.8 Å². The molecule has 2 rings (SSSR count). The van der Waals surface area contributed by atoms with Crippen molar-refractivity contribution in [1.82, 2.24) is 9.55 Å². The van der Waals surface area contributed by atoms with Gasteiger partial charge < -0.3 is 14.4 Å². The SMILES string of the molecule is Cc1ccc(C)c(OC[C@@H](O)CSc2nccn2C)c1C. The number of aliphatic hydroxyl groups is 1. The standard InChI is InChI=1S/C16H22N2O2S/c1-11-5-6-12(2)15(13(11)3)20-9-14(19)10-21-16-17-7-8-18(16)4/h5-8,14,19H,9-10H2,1-4H3/t14-/m1/s1. The van der Waals surface area contributed by atoms with E-state index in [2.05, 4.69) is 18.0 Å². The molecular formula is C16H22N2O2S. The second kappa shape index (κ2) is 7.00. The smallest absolute Gasteiger partial charge is 0.167 e. The summed E-state index contributed by atoms with van der Waals surface area (Å²) in [6.45, 7) is 6.43. The van der Waals surface area contributed by atoms with Crippen LogP contribution in [0.5, 0.6) is 5.75 Å². The van der Waals surface area contributed by atoms with Crippen LogP contribution in [0.2, 0.25) is 0 Å². The van der Waals surface area contributed by atoms with Gasteiger partial charge in [-0.15, -0.1) is 0 Å². The van der Waals surface area contributed by atoms with Gasteiger partial charge in [0.2, 0.25) is 0 Å². The normalized spacial score (nSPS) is 12.4. The van der Waals surface area contributed by atoms with Crippen LogP contribution < -0.4 is 4.74 Å². The summed E-state index contributed by atoms with van der Waals surface area (Å²) in [5, 5.41) is 11.0. The van der Waals surface area contributed by atoms with Gasteiger partial charge in [0.1, 0.15) is 12.4 Å². The van der Waals surface area contributed by atoms with Crippen LogP contribution in [0.1, 0.15) is 16.7 Å². The number of thioether (sulfide) groups is 1. The summed E-state index contributed by atoms with van der Waals surface area (Å²) in [4.78, 5) is 4.22. The molecule has 1 N–H and O–H groups in total. The van der Waals surface area contributed by atoms with E-state index in [1.54, 1.807) is 6.20 Å². The molecule has 0 aliphatic carbocycles. The fourth-order valence-electron chi connectivity index (χ4n) is 2.04. The summed E-state index contributed by atoms with van der Waals surface area (Å²) in [5.74, 6) is 1.45. The van der Waals surface area contributed by atoms with E-state index in [1.807, 2.05) is 37.7 Å². The number of aliphatic hydroxyl groups excluding tert-OH is 1. The highest BCUT2D eigenvalue weighted by molar-refractivity contribution is 7.99. The minimum atomic E-state index is -0.522. The number of ether oxygens (including phenoxy) is 1. The molecule has 0 radical (unpaired) electrons. The molecule has 1 atom stereocenters. The van der Waals surface area contributed by atoms with Crippen molar-refractivity contribution in [3.8, 4) is 5.75 Å². The molecule has 0 amide bonds. The van der Waals surface area contributed by atoms with Crippen LogP contribution in [-0.4, -0.2) is 33.1 Å². The van der Waals surface area contributed by atoms with Gasteiger partial charge in [0.25, 0.3) is 0 Å². The Morgan fingerprint density at radius 3 is 2.67 bits per heavy atom. The van der Waals surface area contributed by atoms with E-state index in [4.69, 9.17) is 4.74 Å². The van der Waals surface area contributed by atoms with Crippen molar-refractivity contribution < 1.29 is 9.84 Å². The summed E-state index contributed by atoms with van der Waals surface area (Å²) in [6.07, 6.45) is 3.13. The van der Waals surface area contributed by atoms with E-state index in [1.165, 1.54) is 17.3 Å². The number of benzene rings is 1. The number of hydrogen-bond donors (Lipinski definition) is 1. The summed E-state index contributed by atoms with van der Waals surface area (Å²) < 4.78 is 7.76. The summed E-state index contributed by atoms with van der Waals surface area (Å²) in [7, 11) is 1.94. The Bertz CT molecular complexity index is 610. The third kappa shape index (κ3) is 4.02. The number of rotatable bonds is 6. The second-order valence-electron chi connectivity index (χ2n) is 5.25. The van der Waals surface area contributed by atoms with Crippen molar-refractivity contribution in [2.75, 3.05) is 12.4 Å². The summed E-state index contributed by atoms with van der Waals surface area (Å²) in [5.41, 5.74) is 3.44. The topological polar surface area (TPSA) is 47.3 Å². The first kappa shape index (κ1) is 15.9. The molecule has 0 spiro atoms. The zero-order chi connectivity index (χ0) is 15.4. The third-order valence-corrected chi connectivity index (χ3v) is 4.68. The quantitative estimate of drug-likeness (QED) is 0.834. The van der Waals surface area contributed by atoms with Gasteiger partial charge >= 0.3 is 0 Å². The average molecular weight is 306 g/mol. The van der Waals surface area contributed by atoms with Crippen LogP contribution >= 0.6 is 11.8 Å². The second-order valence-corrected chi connectivity index (χ2v) is 6.24. The average Bonchev–Trinajstić information content (AvgIpc) is 2.86. The Kier molecular flexibility index (Phi) is 5.31. The number of imidazole rings is 1. The molecular weight excluding hydrogens is 284 g/mol. The Morgan fingerprint density at radius 2 is 2.00 bits per heavy atom. The maximum atomic E-state index is 10.1. The molecule has 5 heteroatoms. The van der Waals surface area contributed by atoms with Gasteiger partial charge in [0.05, 0.1) is 6.10 Å². The molecule has 2 aromatic rings. The van der Waals surface area contributed by atoms with Crippen molar-refractivity contribution in [3.63, 3.8) is 0 Å². The molecule has 0 fully saturated rings. The predicted octanol–water partition coefficient (Wildman–Crippen LogP) is 2.88. The highest BCUT2D eigenvalue weighted by Gasteiger charge is 2.11. The molecule has 1 heterocycles. The monoisotopic (exact) mass is 306 g/mol. The fourth-order valence-corrected chi connectivity index (χ4v) is 2.87. The van der Waals surface area contributed by atoms with Crippen LogP contribution in [0.4, 0.5) is 0 Å². The third-order valence-electron chi connectivity index (χ3n) is 3.48. The van der Waals surface area contributed by atoms with Crippen LogP contribution in [0.3, 0.4) is 0 Å². The molecule has 0 aliphatic rings. The van der Waals surface area contributed by atoms with E-state index in [-0.39, 0.29) is 0 Å². The van der Waals surface area contributed by atoms with Gasteiger partial charge in [-0.05, 0) is 37.5 Å². The van der Waals surface area contributed by atoms with Crippen LogP contribution in [-0.2, 0) is 7.05 Å². The summed E-state index contributed by atoms with van der Waals surface area (Å²) in [6, 6.07) is 4.14. The molecule has 0 saturated heterocycles. The maximum absolute atomic E-state index is 10.1. The molecule has 114 valence electrons. The molecule has 0 bridgehead atoms. The van der Waals surface area contributed by atoms with Crippen molar-refractivity contribution in [2.45, 2.75) is 32.0 Å². The zero-order valence-corrected chi connectivity index (χ0v) is 13.8. The van der Waals surface area contributed by atoms with Gasteiger partial charge in [0.15, 0.2) is 5.16 Å². The number of nitrogens with zero attached hydrogens (tertiary/aromatic N) is 2. The molecule has 1 aromatic heterocycles. The van der Waals surface area contributed by atoms with Gasteiger partial charge in [-0.25, -0.2) is 4.98 Å². The lowest BCUT2D eigenvalue weighted by Crippen LogP contribution is -2.21. The number of aryl methyl sites for hydroxylation is 3. The van der Waals surface area contributed by atoms with Gasteiger partial charge in [-0.3, -0.25) is 0 Å². The van der Waals surface area contributed by atoms with Gasteiger partial charge in [0, 0.05) is 25.2 Å². The lowest BCUT2D eigenvalue weighted by Gasteiger charge is -2.16. The predicted molar refractivity (Wildman–Crippen MR) is 86.1 cm³/mol. The van der Waals surface area contributed by atoms with Crippen molar-refractivity contribution >= 4 is 11.8 Å². The molecule has 0 saturated carbocycles. The molecule has 0 aliphatic heterocycles. The van der Waals surface area contributed by atoms with Crippen molar-refractivity contribution in [1.29, 1.82) is 0 Å². The van der Waals surface area contributed by atoms with Crippen molar-refractivity contribution in [2.24, 2.45) is 7.05 Å². The Morgan fingerprint density at radius 1 is 1.29 bits per heavy atom. The van der Waals surface area contributed by atoms with E-state index in [9.17, 15) is 5.11 Å². The van der Waals surface area contributed by atoms with Gasteiger partial charge in [-0.2, -0.15) is 0 Å². The first-order chi connectivity index (χ1) is 9.99. The van der Waals surface area contributed by atoms with E-state index in [0.717, 1.165) is 22.0 Å². The Hall–Kier alpha value is -1.46. The highest BCUT2D eigenvalue weighted by Crippen LogP contribution is 2.26. The fraction of sp³-hybridized carbons (Fsp3) is 0.438. The molecule has 4 nitrogen and oxygen atoms in total. The van der Waals surface area contributed by atoms with E-state index in [0.29, 0.717) is 12.4 Å². The van der Waals surface area contributed by atoms with Crippen LogP contribution in [0.15, 0.2) is 29.7 Å². The van der Waals surface area contributed by atoms with Crippen LogP contribution in [0.25, 0.3) is 0 Å². The summed E-state index contributed by atoms with van der Waals surface area (Å²) >= 11 is 1.53. The minimum absolute atomic E-state index is 0.294. The molecule has 21 heavy (non-hydrogen) atoms. The minimum Gasteiger partial charge on any atom is -0.490 e. The Labute approximate surface area is 130 Å². The zero-order valence-electron chi connectivity index (χ0n) is 13.0. The first-order valence-electron chi connectivity index (χ1n) is 6.97. The van der Waals surface area contributed by atoms with Crippen molar-refractivity contribution in [3.05, 3.63) is 41.2 Å². The first-order valence-corrected chi connectivity index (χ1v) is 7.95. The lowest BCUT2D eigenvalue weighted by atomic mass is 10.1. The highest BCUT2D eigenvalue weighted by atomic mass is 32.2. The van der Waals surface area contributed by atoms with Gasteiger partial charge in [-0.1, -0.05) is 23.9 Å². The molecule has 1 aromatic carbocycles. The maximum Gasteiger partial charge on any atom is 0.167 e. The Balaban J connectivity index is 1.88. The number of hydrogen-bond acceptors (Lipinski definition) is 4.